The van der Waals surface area contributed by atoms with Crippen LogP contribution in [0, 0.1) is 12.7 Å². The lowest BCUT2D eigenvalue weighted by atomic mass is 10.1. The van der Waals surface area contributed by atoms with Gasteiger partial charge in [-0.25, -0.2) is 4.39 Å². The summed E-state index contributed by atoms with van der Waals surface area (Å²) in [6.45, 7) is 2.37. The van der Waals surface area contributed by atoms with Crippen LogP contribution in [0.5, 0.6) is 0 Å². The number of aryl methyl sites for hydroxylation is 1. The van der Waals surface area contributed by atoms with Crippen LogP contribution in [0.4, 0.5) is 10.1 Å². The van der Waals surface area contributed by atoms with Crippen molar-refractivity contribution in [2.75, 3.05) is 11.4 Å². The zero-order valence-electron chi connectivity index (χ0n) is 14.2. The molecule has 1 aliphatic rings. The minimum absolute atomic E-state index is 0.0188. The molecule has 0 aliphatic carbocycles. The predicted octanol–water partition coefficient (Wildman–Crippen LogP) is 5.12. The van der Waals surface area contributed by atoms with E-state index >= 15 is 0 Å². The Balaban J connectivity index is 1.58. The summed E-state index contributed by atoms with van der Waals surface area (Å²) in [6.07, 6.45) is 0.278. The van der Waals surface area contributed by atoms with Gasteiger partial charge in [0.15, 0.2) is 0 Å². The Morgan fingerprint density at radius 1 is 1.30 bits per heavy atom. The molecule has 2 heterocycles. The SMILES string of the molecule is Cc1ccc(Cl)cc1N1CC(c2nc(-c3ccc(F)c(Br)c3)no2)CC1=O. The third-order valence-electron chi connectivity index (χ3n) is 4.56. The number of rotatable bonds is 3. The van der Waals surface area contributed by atoms with E-state index in [1.54, 1.807) is 29.2 Å². The molecule has 8 heteroatoms. The van der Waals surface area contributed by atoms with Gasteiger partial charge in [0.05, 0.1) is 10.4 Å². The van der Waals surface area contributed by atoms with Gasteiger partial charge in [-0.05, 0) is 58.7 Å². The van der Waals surface area contributed by atoms with Crippen LogP contribution in [0.1, 0.15) is 23.8 Å². The van der Waals surface area contributed by atoms with Crippen LogP contribution < -0.4 is 4.90 Å². The maximum absolute atomic E-state index is 13.4. The second-order valence-corrected chi connectivity index (χ2v) is 7.71. The Hall–Kier alpha value is -2.25. The van der Waals surface area contributed by atoms with Gasteiger partial charge in [-0.2, -0.15) is 4.98 Å². The van der Waals surface area contributed by atoms with E-state index in [0.717, 1.165) is 11.3 Å². The molecule has 0 radical (unpaired) electrons. The number of hydrogen-bond acceptors (Lipinski definition) is 4. The minimum atomic E-state index is -0.364. The lowest BCUT2D eigenvalue weighted by molar-refractivity contribution is -0.117. The van der Waals surface area contributed by atoms with Crippen molar-refractivity contribution in [2.24, 2.45) is 0 Å². The second kappa shape index (κ2) is 7.05. The molecule has 0 spiro atoms. The molecule has 1 atom stereocenters. The molecular formula is C19H14BrClFN3O2. The summed E-state index contributed by atoms with van der Waals surface area (Å²) in [5, 5.41) is 4.55. The highest BCUT2D eigenvalue weighted by Gasteiger charge is 2.35. The van der Waals surface area contributed by atoms with Gasteiger partial charge in [0.2, 0.25) is 17.6 Å². The molecule has 138 valence electrons. The summed E-state index contributed by atoms with van der Waals surface area (Å²) in [6, 6.07) is 9.96. The topological polar surface area (TPSA) is 59.2 Å². The van der Waals surface area contributed by atoms with Crippen LogP contribution in [-0.2, 0) is 4.79 Å². The fraction of sp³-hybridized carbons (Fsp3) is 0.211. The van der Waals surface area contributed by atoms with Crippen molar-refractivity contribution in [3.8, 4) is 11.4 Å². The van der Waals surface area contributed by atoms with Gasteiger partial charge >= 0.3 is 0 Å². The van der Waals surface area contributed by atoms with Crippen molar-refractivity contribution >= 4 is 39.1 Å². The molecule has 1 aromatic heterocycles. The van der Waals surface area contributed by atoms with Crippen LogP contribution in [0.15, 0.2) is 45.4 Å². The van der Waals surface area contributed by atoms with Gasteiger partial charge in [-0.1, -0.05) is 22.8 Å². The molecule has 5 nitrogen and oxygen atoms in total. The Morgan fingerprint density at radius 3 is 2.89 bits per heavy atom. The van der Waals surface area contributed by atoms with Gasteiger partial charge in [-0.15, -0.1) is 0 Å². The highest BCUT2D eigenvalue weighted by molar-refractivity contribution is 9.10. The normalized spacial score (nSPS) is 17.0. The summed E-state index contributed by atoms with van der Waals surface area (Å²) in [5.41, 5.74) is 2.39. The zero-order valence-corrected chi connectivity index (χ0v) is 16.6. The summed E-state index contributed by atoms with van der Waals surface area (Å²) < 4.78 is 19.1. The highest BCUT2D eigenvalue weighted by atomic mass is 79.9. The predicted molar refractivity (Wildman–Crippen MR) is 103 cm³/mol. The number of carbonyl (C=O) groups excluding carboxylic acids is 1. The first kappa shape index (κ1) is 18.1. The van der Waals surface area contributed by atoms with E-state index in [2.05, 4.69) is 26.1 Å². The van der Waals surface area contributed by atoms with E-state index in [4.69, 9.17) is 16.1 Å². The smallest absolute Gasteiger partial charge is 0.232 e. The van der Waals surface area contributed by atoms with Gasteiger partial charge in [-0.3, -0.25) is 4.79 Å². The maximum Gasteiger partial charge on any atom is 0.232 e. The first-order chi connectivity index (χ1) is 12.9. The second-order valence-electron chi connectivity index (χ2n) is 6.42. The molecule has 1 aliphatic heterocycles. The van der Waals surface area contributed by atoms with E-state index in [9.17, 15) is 9.18 Å². The molecule has 4 rings (SSSR count). The summed E-state index contributed by atoms with van der Waals surface area (Å²) in [4.78, 5) is 18.6. The maximum atomic E-state index is 13.4. The summed E-state index contributed by atoms with van der Waals surface area (Å²) in [7, 11) is 0. The minimum Gasteiger partial charge on any atom is -0.339 e. The number of hydrogen-bond donors (Lipinski definition) is 0. The summed E-state index contributed by atoms with van der Waals surface area (Å²) in [5.74, 6) is 0.156. The van der Waals surface area contributed by atoms with E-state index in [1.165, 1.54) is 6.07 Å². The van der Waals surface area contributed by atoms with E-state index in [-0.39, 0.29) is 24.1 Å². The average Bonchev–Trinajstić information content (AvgIpc) is 3.26. The van der Waals surface area contributed by atoms with E-state index < -0.39 is 0 Å². The fourth-order valence-corrected chi connectivity index (χ4v) is 3.68. The third kappa shape index (κ3) is 3.49. The Kier molecular flexibility index (Phi) is 4.74. The van der Waals surface area contributed by atoms with Gasteiger partial charge in [0, 0.05) is 29.2 Å². The number of amides is 1. The lowest BCUT2D eigenvalue weighted by Gasteiger charge is -2.18. The first-order valence-corrected chi connectivity index (χ1v) is 9.45. The number of anilines is 1. The van der Waals surface area contributed by atoms with E-state index in [1.807, 2.05) is 13.0 Å². The molecule has 0 bridgehead atoms. The van der Waals surface area contributed by atoms with Crippen molar-refractivity contribution in [2.45, 2.75) is 19.3 Å². The number of aromatic nitrogens is 2. The number of benzene rings is 2. The standard InChI is InChI=1S/C19H14BrClFN3O2/c1-10-2-4-13(21)8-16(10)25-9-12(7-17(25)26)19-23-18(24-27-19)11-3-5-15(22)14(20)6-11/h2-6,8,12H,7,9H2,1H3. The molecule has 1 unspecified atom stereocenters. The van der Waals surface area contributed by atoms with Crippen molar-refractivity contribution < 1.29 is 13.7 Å². The van der Waals surface area contributed by atoms with Crippen LogP contribution in [-0.4, -0.2) is 22.6 Å². The zero-order chi connectivity index (χ0) is 19.1. The van der Waals surface area contributed by atoms with Crippen LogP contribution >= 0.6 is 27.5 Å². The van der Waals surface area contributed by atoms with Crippen LogP contribution in [0.2, 0.25) is 5.02 Å². The molecule has 1 amide bonds. The molecule has 1 fully saturated rings. The number of nitrogens with zero attached hydrogens (tertiary/aromatic N) is 3. The fourth-order valence-electron chi connectivity index (χ4n) is 3.13. The molecule has 0 N–H and O–H groups in total. The van der Waals surface area contributed by atoms with Gasteiger partial charge in [0.25, 0.3) is 0 Å². The Labute approximate surface area is 168 Å². The van der Waals surface area contributed by atoms with Gasteiger partial charge in [0.1, 0.15) is 5.82 Å². The van der Waals surface area contributed by atoms with Crippen molar-refractivity contribution in [1.29, 1.82) is 0 Å². The van der Waals surface area contributed by atoms with Crippen LogP contribution in [0.25, 0.3) is 11.4 Å². The molecule has 3 aromatic rings. The lowest BCUT2D eigenvalue weighted by Crippen LogP contribution is -2.25. The Morgan fingerprint density at radius 2 is 2.11 bits per heavy atom. The van der Waals surface area contributed by atoms with Crippen molar-refractivity contribution in [1.82, 2.24) is 10.1 Å². The largest absolute Gasteiger partial charge is 0.339 e. The van der Waals surface area contributed by atoms with Crippen LogP contribution in [0.3, 0.4) is 0 Å². The average molecular weight is 451 g/mol. The first-order valence-electron chi connectivity index (χ1n) is 8.28. The molecule has 2 aromatic carbocycles. The molecule has 0 saturated carbocycles. The van der Waals surface area contributed by atoms with Crippen molar-refractivity contribution in [3.63, 3.8) is 0 Å². The third-order valence-corrected chi connectivity index (χ3v) is 5.40. The van der Waals surface area contributed by atoms with E-state index in [0.29, 0.717) is 33.3 Å². The molecule has 27 heavy (non-hydrogen) atoms. The molecular weight excluding hydrogens is 437 g/mol. The molecule has 1 saturated heterocycles. The number of carbonyl (C=O) groups is 1. The Bertz CT molecular complexity index is 1040. The number of halogens is 3. The van der Waals surface area contributed by atoms with Gasteiger partial charge < -0.3 is 9.42 Å². The monoisotopic (exact) mass is 449 g/mol. The quantitative estimate of drug-likeness (QED) is 0.556. The summed E-state index contributed by atoms with van der Waals surface area (Å²) >= 11 is 9.23. The highest BCUT2D eigenvalue weighted by Crippen LogP contribution is 2.34. The van der Waals surface area contributed by atoms with Crippen molar-refractivity contribution in [3.05, 3.63) is 63.2 Å².